The molecule has 0 aromatic heterocycles. The van der Waals surface area contributed by atoms with Gasteiger partial charge in [-0.25, -0.2) is 0 Å². The molecular formula is NdSn3. The first-order valence-corrected chi connectivity index (χ1v) is 0. The van der Waals surface area contributed by atoms with Crippen molar-refractivity contribution in [1.82, 2.24) is 0 Å². The van der Waals surface area contributed by atoms with Gasteiger partial charge in [-0.3, -0.25) is 0 Å². The van der Waals surface area contributed by atoms with Gasteiger partial charge in [0.05, 0.1) is 0 Å². The third-order valence-corrected chi connectivity index (χ3v) is 0. The Labute approximate surface area is 110 Å². The first-order chi connectivity index (χ1) is 0. The Kier molecular flexibility index (Phi) is 99.7. The van der Waals surface area contributed by atoms with E-state index in [9.17, 15) is 0 Å². The zero-order valence-electron chi connectivity index (χ0n) is 2.00. The minimum absolute atomic E-state index is 0. The molecule has 0 aliphatic carbocycles. The van der Waals surface area contributed by atoms with Gasteiger partial charge in [0, 0.05) is 113 Å². The average Bonchev–Trinajstić information content (AvgIpc) is 0. The van der Waals surface area contributed by atoms with Gasteiger partial charge in [-0.15, -0.1) is 0 Å². The maximum atomic E-state index is 0. The van der Waals surface area contributed by atoms with Crippen molar-refractivity contribution in [2.24, 2.45) is 0 Å². The van der Waals surface area contributed by atoms with E-state index in [0.717, 1.165) is 0 Å². The topological polar surface area (TPSA) is 0 Å². The van der Waals surface area contributed by atoms with E-state index in [1.807, 2.05) is 0 Å². The summed E-state index contributed by atoms with van der Waals surface area (Å²) >= 11 is 0. The molecule has 0 atom stereocenters. The van der Waals surface area contributed by atoms with Crippen molar-refractivity contribution in [3.63, 3.8) is 0 Å². The molecule has 0 rings (SSSR count). The Bertz CT molecular complexity index is 3.25. The average molecular weight is 500 g/mol. The van der Waals surface area contributed by atoms with Gasteiger partial charge < -0.3 is 0 Å². The summed E-state index contributed by atoms with van der Waals surface area (Å²) in [5, 5.41) is 0. The summed E-state index contributed by atoms with van der Waals surface area (Å²) in [6.45, 7) is 0. The Hall–Kier alpha value is 3.75. The van der Waals surface area contributed by atoms with Crippen LogP contribution in [-0.2, 0) is 0 Å². The summed E-state index contributed by atoms with van der Waals surface area (Å²) in [5.74, 6) is 0. The monoisotopic (exact) mass is 502 g/mol. The molecule has 0 amide bonds. The Morgan fingerprint density at radius 3 is 0.500 bits per heavy atom. The molecular weight excluding hydrogens is 500 g/mol. The summed E-state index contributed by atoms with van der Waals surface area (Å²) in [6.07, 6.45) is 0. The van der Waals surface area contributed by atoms with Crippen LogP contribution in [0.4, 0.5) is 0 Å². The summed E-state index contributed by atoms with van der Waals surface area (Å²) in [7, 11) is 0. The van der Waals surface area contributed by atoms with Crippen molar-refractivity contribution in [2.45, 2.75) is 0 Å². The van der Waals surface area contributed by atoms with Gasteiger partial charge in [0.1, 0.15) is 0 Å². The van der Waals surface area contributed by atoms with Gasteiger partial charge in [0.15, 0.2) is 0 Å². The van der Waals surface area contributed by atoms with Crippen LogP contribution in [0.2, 0.25) is 0 Å². The fraction of sp³-hybridized carbons (Fsp3) is 0. The fourth-order valence-corrected chi connectivity index (χ4v) is 0. The molecule has 0 saturated carbocycles. The molecule has 4 heteroatoms. The second-order valence-electron chi connectivity index (χ2n) is 0. The molecule has 12 radical (unpaired) electrons. The van der Waals surface area contributed by atoms with Crippen molar-refractivity contribution in [3.05, 3.63) is 0 Å². The molecule has 16 valence electrons. The summed E-state index contributed by atoms with van der Waals surface area (Å²) < 4.78 is 0. The Morgan fingerprint density at radius 1 is 0.500 bits per heavy atom. The molecule has 0 aliphatic heterocycles. The SMILES string of the molecule is [Nd].[Sn].[Sn].[Sn]. The van der Waals surface area contributed by atoms with Gasteiger partial charge >= 0.3 is 0 Å². The van der Waals surface area contributed by atoms with Crippen LogP contribution in [0.25, 0.3) is 0 Å². The summed E-state index contributed by atoms with van der Waals surface area (Å²) in [6, 6.07) is 0. The standard InChI is InChI=1S/Nd.3Sn. The van der Waals surface area contributed by atoms with Crippen molar-refractivity contribution >= 4 is 71.7 Å². The Balaban J connectivity index is 0. The van der Waals surface area contributed by atoms with Gasteiger partial charge in [0.25, 0.3) is 0 Å². The maximum Gasteiger partial charge on any atom is 0 e. The predicted octanol–water partition coefficient (Wildman–Crippen LogP) is -1.14. The largest absolute Gasteiger partial charge is 0 e. The third kappa shape index (κ3) is 9.22. The summed E-state index contributed by atoms with van der Waals surface area (Å²) in [4.78, 5) is 0. The van der Waals surface area contributed by atoms with Crippen LogP contribution in [0.3, 0.4) is 0 Å². The number of hydrogen-bond donors (Lipinski definition) is 0. The van der Waals surface area contributed by atoms with Crippen LogP contribution in [0, 0.1) is 40.8 Å². The first kappa shape index (κ1) is 25.1. The second-order valence-corrected chi connectivity index (χ2v) is 0. The molecule has 0 aromatic carbocycles. The van der Waals surface area contributed by atoms with Gasteiger partial charge in [-0.1, -0.05) is 0 Å². The van der Waals surface area contributed by atoms with E-state index in [1.54, 1.807) is 0 Å². The van der Waals surface area contributed by atoms with Crippen molar-refractivity contribution < 1.29 is 40.8 Å². The van der Waals surface area contributed by atoms with Crippen LogP contribution >= 0.6 is 0 Å². The Morgan fingerprint density at radius 2 is 0.500 bits per heavy atom. The van der Waals surface area contributed by atoms with Crippen molar-refractivity contribution in [1.29, 1.82) is 0 Å². The van der Waals surface area contributed by atoms with Crippen LogP contribution in [-0.4, -0.2) is 71.7 Å². The molecule has 0 saturated heterocycles. The molecule has 0 aliphatic rings. The normalized spacial score (nSPS) is 0. The van der Waals surface area contributed by atoms with Crippen LogP contribution < -0.4 is 0 Å². The van der Waals surface area contributed by atoms with E-state index in [2.05, 4.69) is 0 Å². The smallest absolute Gasteiger partial charge is 0 e. The van der Waals surface area contributed by atoms with Crippen LogP contribution in [0.15, 0.2) is 0 Å². The zero-order valence-corrected chi connectivity index (χ0v) is 13.8. The molecule has 0 bridgehead atoms. The molecule has 0 unspecified atom stereocenters. The van der Waals surface area contributed by atoms with Gasteiger partial charge in [0.2, 0.25) is 0 Å². The maximum absolute atomic E-state index is 0. The zero-order chi connectivity index (χ0) is 0. The van der Waals surface area contributed by atoms with E-state index < -0.39 is 0 Å². The number of rotatable bonds is 0. The van der Waals surface area contributed by atoms with Crippen LogP contribution in [0.5, 0.6) is 0 Å². The minimum atomic E-state index is 0. The molecule has 0 fully saturated rings. The van der Waals surface area contributed by atoms with Crippen molar-refractivity contribution in [3.8, 4) is 0 Å². The number of hydrogen-bond acceptors (Lipinski definition) is 0. The van der Waals surface area contributed by atoms with Gasteiger partial charge in [-0.05, 0) is 0 Å². The first-order valence-electron chi connectivity index (χ1n) is 0. The quantitative estimate of drug-likeness (QED) is 0.369. The van der Waals surface area contributed by atoms with E-state index in [4.69, 9.17) is 0 Å². The molecule has 0 aromatic rings. The molecule has 0 nitrogen and oxygen atoms in total. The van der Waals surface area contributed by atoms with Crippen LogP contribution in [0.1, 0.15) is 0 Å². The molecule has 4 heavy (non-hydrogen) atoms. The summed E-state index contributed by atoms with van der Waals surface area (Å²) in [5.41, 5.74) is 0. The molecule has 0 N–H and O–H groups in total. The predicted molar refractivity (Wildman–Crippen MR) is 17.3 cm³/mol. The third-order valence-electron chi connectivity index (χ3n) is 0. The van der Waals surface area contributed by atoms with E-state index in [-0.39, 0.29) is 113 Å². The van der Waals surface area contributed by atoms with Crippen molar-refractivity contribution in [2.75, 3.05) is 0 Å². The molecule has 0 heterocycles. The molecule has 0 spiro atoms. The van der Waals surface area contributed by atoms with E-state index in [0.29, 0.717) is 0 Å². The fourth-order valence-electron chi connectivity index (χ4n) is 0. The van der Waals surface area contributed by atoms with Gasteiger partial charge in [-0.2, -0.15) is 0 Å². The minimum Gasteiger partial charge on any atom is 0 e. The van der Waals surface area contributed by atoms with E-state index >= 15 is 0 Å². The van der Waals surface area contributed by atoms with E-state index in [1.165, 1.54) is 0 Å². The second kappa shape index (κ2) is 15.9.